The highest BCUT2D eigenvalue weighted by Gasteiger charge is 2.36. The molecular weight excluding hydrogens is 662 g/mol. The molecule has 50 heavy (non-hydrogen) atoms. The number of methoxy groups -OCH3 is 1. The van der Waals surface area contributed by atoms with Gasteiger partial charge in [0.15, 0.2) is 5.75 Å². The van der Waals surface area contributed by atoms with Gasteiger partial charge in [-0.15, -0.1) is 0 Å². The minimum atomic E-state index is -3.92. The van der Waals surface area contributed by atoms with Gasteiger partial charge in [0.2, 0.25) is 21.8 Å². The van der Waals surface area contributed by atoms with Gasteiger partial charge in [0.25, 0.3) is 5.91 Å². The number of nitrogen functional groups attached to an aromatic ring is 1. The second-order valence-corrected chi connectivity index (χ2v) is 14.6. The van der Waals surface area contributed by atoms with Crippen LogP contribution in [0.15, 0.2) is 71.6 Å². The maximum Gasteiger partial charge on any atom is 0.258 e. The first kappa shape index (κ1) is 38.1. The minimum Gasteiger partial charge on any atom is -0.497 e. The van der Waals surface area contributed by atoms with Crippen molar-refractivity contribution in [3.63, 3.8) is 0 Å². The van der Waals surface area contributed by atoms with E-state index in [0.717, 1.165) is 0 Å². The van der Waals surface area contributed by atoms with Crippen molar-refractivity contribution in [1.82, 2.24) is 9.21 Å². The zero-order chi connectivity index (χ0) is 36.4. The number of benzene rings is 3. The van der Waals surface area contributed by atoms with Gasteiger partial charge in [-0.3, -0.25) is 14.4 Å². The van der Waals surface area contributed by atoms with Crippen molar-refractivity contribution in [2.45, 2.75) is 63.0 Å². The lowest BCUT2D eigenvalue weighted by Gasteiger charge is -2.38. The fourth-order valence-electron chi connectivity index (χ4n) is 5.62. The van der Waals surface area contributed by atoms with Crippen LogP contribution in [0, 0.1) is 5.92 Å². The first-order valence-electron chi connectivity index (χ1n) is 16.6. The van der Waals surface area contributed by atoms with E-state index in [1.807, 2.05) is 6.92 Å². The summed E-state index contributed by atoms with van der Waals surface area (Å²) in [4.78, 5) is 40.9. The number of carbonyl (C=O) groups is 3. The van der Waals surface area contributed by atoms with E-state index in [2.05, 4.69) is 10.6 Å². The molecule has 3 aromatic carbocycles. The Morgan fingerprint density at radius 3 is 2.24 bits per heavy atom. The SMILES string of the molecule is COc1ccc(S(=O)(=O)N(C)C[C@@H]2Oc3c(NC(=O)CCCCCC(=O)Nc4ccccc4N)cccc3C(=O)N([C@H](C)CO)C[C@H]2C)cc1. The lowest BCUT2D eigenvalue weighted by atomic mass is 9.99. The number of nitrogens with zero attached hydrogens (tertiary/aromatic N) is 2. The zero-order valence-corrected chi connectivity index (χ0v) is 29.7. The van der Waals surface area contributed by atoms with Gasteiger partial charge < -0.3 is 35.8 Å². The molecule has 0 aromatic heterocycles. The van der Waals surface area contributed by atoms with E-state index in [1.54, 1.807) is 66.4 Å². The van der Waals surface area contributed by atoms with Crippen LogP contribution in [0.2, 0.25) is 0 Å². The number of unbranched alkanes of at least 4 members (excludes halogenated alkanes) is 2. The summed E-state index contributed by atoms with van der Waals surface area (Å²) >= 11 is 0. The van der Waals surface area contributed by atoms with E-state index < -0.39 is 22.2 Å². The van der Waals surface area contributed by atoms with Crippen LogP contribution in [0.25, 0.3) is 0 Å². The molecule has 3 aromatic rings. The predicted molar refractivity (Wildman–Crippen MR) is 192 cm³/mol. The first-order chi connectivity index (χ1) is 23.8. The summed E-state index contributed by atoms with van der Waals surface area (Å²) in [5, 5.41) is 15.6. The number of sulfonamides is 1. The monoisotopic (exact) mass is 709 g/mol. The Balaban J connectivity index is 1.47. The van der Waals surface area contributed by atoms with Crippen molar-refractivity contribution in [1.29, 1.82) is 0 Å². The zero-order valence-electron chi connectivity index (χ0n) is 28.9. The molecule has 1 heterocycles. The van der Waals surface area contributed by atoms with Gasteiger partial charge >= 0.3 is 0 Å². The third-order valence-electron chi connectivity index (χ3n) is 8.71. The Morgan fingerprint density at radius 1 is 1.00 bits per heavy atom. The summed E-state index contributed by atoms with van der Waals surface area (Å²) in [7, 11) is -0.963. The Morgan fingerprint density at radius 2 is 1.62 bits per heavy atom. The normalized spacial score (nSPS) is 16.8. The topological polar surface area (TPSA) is 181 Å². The maximum absolute atomic E-state index is 13.8. The molecule has 0 bridgehead atoms. The number of rotatable bonds is 15. The fraction of sp³-hybridized carbons (Fsp3) is 0.417. The van der Waals surface area contributed by atoms with Crippen LogP contribution in [0.1, 0.15) is 56.3 Å². The van der Waals surface area contributed by atoms with Gasteiger partial charge in [0.05, 0.1) is 53.8 Å². The molecule has 0 fully saturated rings. The molecular formula is C36H47N5O8S. The molecule has 14 heteroatoms. The number of para-hydroxylation sites is 3. The summed E-state index contributed by atoms with van der Waals surface area (Å²) in [5.41, 5.74) is 7.40. The van der Waals surface area contributed by atoms with E-state index >= 15 is 0 Å². The van der Waals surface area contributed by atoms with Crippen molar-refractivity contribution >= 4 is 44.8 Å². The molecule has 0 radical (unpaired) electrons. The maximum atomic E-state index is 13.8. The van der Waals surface area contributed by atoms with Crippen LogP contribution in [-0.2, 0) is 19.6 Å². The standard InChI is InChI=1S/C36H47N5O8S/c1-24-21-41(25(2)23-42)36(45)28-11-10-14-31(39-34(44)16-7-5-6-15-33(43)38-30-13-9-8-12-29(30)37)35(28)49-32(24)22-40(3)50(46,47)27-19-17-26(48-4)18-20-27/h8-14,17-20,24-25,32,42H,5-7,15-16,21-23,37H2,1-4H3,(H,38,43)(H,39,44)/t24-,25-,32+/m1/s1. The van der Waals surface area contributed by atoms with Crippen LogP contribution in [0.3, 0.4) is 0 Å². The lowest BCUT2D eigenvalue weighted by molar-refractivity contribution is -0.116. The van der Waals surface area contributed by atoms with Gasteiger partial charge in [-0.05, 0) is 68.3 Å². The van der Waals surface area contributed by atoms with Crippen molar-refractivity contribution in [2.75, 3.05) is 50.2 Å². The van der Waals surface area contributed by atoms with E-state index in [4.69, 9.17) is 15.2 Å². The predicted octanol–water partition coefficient (Wildman–Crippen LogP) is 4.35. The average molecular weight is 710 g/mol. The number of hydrogen-bond acceptors (Lipinski definition) is 9. The summed E-state index contributed by atoms with van der Waals surface area (Å²) in [6.07, 6.45) is 1.45. The highest BCUT2D eigenvalue weighted by molar-refractivity contribution is 7.89. The van der Waals surface area contributed by atoms with Gasteiger partial charge in [0, 0.05) is 32.4 Å². The second-order valence-electron chi connectivity index (χ2n) is 12.5. The molecule has 3 atom stereocenters. The molecule has 4 rings (SSSR count). The molecule has 13 nitrogen and oxygen atoms in total. The van der Waals surface area contributed by atoms with Crippen LogP contribution in [0.5, 0.6) is 11.5 Å². The quantitative estimate of drug-likeness (QED) is 0.132. The number of amides is 3. The molecule has 1 aliphatic heterocycles. The first-order valence-corrected chi connectivity index (χ1v) is 18.1. The summed E-state index contributed by atoms with van der Waals surface area (Å²) < 4.78 is 39.9. The molecule has 270 valence electrons. The van der Waals surface area contributed by atoms with Crippen LogP contribution < -0.4 is 25.8 Å². The van der Waals surface area contributed by atoms with Crippen molar-refractivity contribution < 1.29 is 37.4 Å². The molecule has 0 aliphatic carbocycles. The summed E-state index contributed by atoms with van der Waals surface area (Å²) in [6, 6.07) is 17.4. The number of nitrogens with one attached hydrogen (secondary N) is 2. The number of likely N-dealkylation sites (N-methyl/N-ethyl adjacent to an activating group) is 1. The van der Waals surface area contributed by atoms with Gasteiger partial charge in [-0.1, -0.05) is 31.5 Å². The number of aliphatic hydroxyl groups is 1. The number of anilines is 3. The average Bonchev–Trinajstić information content (AvgIpc) is 3.10. The molecule has 0 saturated carbocycles. The highest BCUT2D eigenvalue weighted by Crippen LogP contribution is 2.35. The minimum absolute atomic E-state index is 0.0583. The Hall–Kier alpha value is -4.66. The smallest absolute Gasteiger partial charge is 0.258 e. The largest absolute Gasteiger partial charge is 0.497 e. The van der Waals surface area contributed by atoms with E-state index in [-0.39, 0.29) is 78.1 Å². The Kier molecular flexibility index (Phi) is 13.2. The van der Waals surface area contributed by atoms with Gasteiger partial charge in [-0.2, -0.15) is 4.31 Å². The van der Waals surface area contributed by atoms with Crippen LogP contribution in [0.4, 0.5) is 17.1 Å². The number of hydrogen-bond donors (Lipinski definition) is 4. The van der Waals surface area contributed by atoms with Gasteiger partial charge in [-0.25, -0.2) is 8.42 Å². The Bertz CT molecular complexity index is 1750. The number of fused-ring (bicyclic) bond motifs is 1. The second kappa shape index (κ2) is 17.3. The third kappa shape index (κ3) is 9.52. The lowest BCUT2D eigenvalue weighted by Crippen LogP contribution is -2.50. The fourth-order valence-corrected chi connectivity index (χ4v) is 6.81. The van der Waals surface area contributed by atoms with Crippen LogP contribution >= 0.6 is 0 Å². The molecule has 0 spiro atoms. The third-order valence-corrected chi connectivity index (χ3v) is 10.6. The molecule has 3 amide bonds. The summed E-state index contributed by atoms with van der Waals surface area (Å²) in [5.74, 6) is -0.554. The van der Waals surface area contributed by atoms with E-state index in [0.29, 0.717) is 36.4 Å². The summed E-state index contributed by atoms with van der Waals surface area (Å²) in [6.45, 7) is 3.45. The van der Waals surface area contributed by atoms with E-state index in [1.165, 1.54) is 30.6 Å². The number of ether oxygens (including phenoxy) is 2. The number of nitrogens with two attached hydrogens (primary N) is 1. The highest BCUT2D eigenvalue weighted by atomic mass is 32.2. The molecule has 0 unspecified atom stereocenters. The molecule has 0 saturated heterocycles. The van der Waals surface area contributed by atoms with Crippen molar-refractivity contribution in [3.8, 4) is 11.5 Å². The van der Waals surface area contributed by atoms with Gasteiger partial charge in [0.1, 0.15) is 11.9 Å². The van der Waals surface area contributed by atoms with E-state index in [9.17, 15) is 27.9 Å². The number of carbonyl (C=O) groups excluding carboxylic acids is 3. The number of aliphatic hydroxyl groups excluding tert-OH is 1. The molecule has 5 N–H and O–H groups in total. The molecule has 1 aliphatic rings. The van der Waals surface area contributed by atoms with Crippen LogP contribution in [-0.4, -0.2) is 86.5 Å². The Labute approximate surface area is 293 Å². The van der Waals surface area contributed by atoms with Crippen molar-refractivity contribution in [2.24, 2.45) is 5.92 Å². The van der Waals surface area contributed by atoms with Crippen molar-refractivity contribution in [3.05, 3.63) is 72.3 Å².